The van der Waals surface area contributed by atoms with E-state index in [2.05, 4.69) is 10.0 Å². The smallest absolute Gasteiger partial charge is 0.215 e. The molecule has 0 radical (unpaired) electrons. The van der Waals surface area contributed by atoms with Gasteiger partial charge in [0.2, 0.25) is 10.0 Å². The third kappa shape index (κ3) is 6.72. The molecule has 0 saturated heterocycles. The molecule has 1 aliphatic carbocycles. The standard InChI is InChI=1S/C14H30N2O2S/c1-12(2)15-11-13(3)19(17,18)16-10-9-14-7-5-4-6-8-14/h12-16H,4-11H2,1-3H3. The minimum atomic E-state index is -3.17. The van der Waals surface area contributed by atoms with Crippen LogP contribution in [0.15, 0.2) is 0 Å². The zero-order valence-electron chi connectivity index (χ0n) is 12.6. The van der Waals surface area contributed by atoms with Crippen LogP contribution in [-0.4, -0.2) is 32.8 Å². The van der Waals surface area contributed by atoms with Gasteiger partial charge in [-0.3, -0.25) is 0 Å². The maximum Gasteiger partial charge on any atom is 0.215 e. The van der Waals surface area contributed by atoms with E-state index in [-0.39, 0.29) is 5.25 Å². The summed E-state index contributed by atoms with van der Waals surface area (Å²) in [6, 6.07) is 0.319. The first-order valence-electron chi connectivity index (χ1n) is 7.63. The second kappa shape index (κ2) is 8.22. The van der Waals surface area contributed by atoms with Gasteiger partial charge in [0, 0.05) is 19.1 Å². The third-order valence-electron chi connectivity index (χ3n) is 3.92. The normalized spacial score (nSPS) is 19.8. The second-order valence-electron chi connectivity index (χ2n) is 6.11. The van der Waals surface area contributed by atoms with E-state index in [0.29, 0.717) is 19.1 Å². The van der Waals surface area contributed by atoms with Gasteiger partial charge < -0.3 is 5.32 Å². The fourth-order valence-electron chi connectivity index (χ4n) is 2.53. The molecule has 4 nitrogen and oxygen atoms in total. The minimum absolute atomic E-state index is 0.319. The van der Waals surface area contributed by atoms with Crippen LogP contribution in [0.3, 0.4) is 0 Å². The van der Waals surface area contributed by atoms with Crippen molar-refractivity contribution in [1.29, 1.82) is 0 Å². The minimum Gasteiger partial charge on any atom is -0.313 e. The first-order chi connectivity index (χ1) is 8.92. The highest BCUT2D eigenvalue weighted by Gasteiger charge is 2.21. The predicted octanol–water partition coefficient (Wildman–Crippen LogP) is 2.26. The number of rotatable bonds is 8. The van der Waals surface area contributed by atoms with Crippen molar-refractivity contribution in [2.45, 2.75) is 70.6 Å². The van der Waals surface area contributed by atoms with Gasteiger partial charge in [0.1, 0.15) is 0 Å². The van der Waals surface area contributed by atoms with Gasteiger partial charge in [-0.25, -0.2) is 13.1 Å². The van der Waals surface area contributed by atoms with E-state index in [1.807, 2.05) is 13.8 Å². The van der Waals surface area contributed by atoms with Crippen molar-refractivity contribution < 1.29 is 8.42 Å². The summed E-state index contributed by atoms with van der Waals surface area (Å²) in [4.78, 5) is 0. The summed E-state index contributed by atoms with van der Waals surface area (Å²) < 4.78 is 26.8. The van der Waals surface area contributed by atoms with Gasteiger partial charge in [0.05, 0.1) is 5.25 Å². The number of hydrogen-bond donors (Lipinski definition) is 2. The molecule has 19 heavy (non-hydrogen) atoms. The van der Waals surface area contributed by atoms with Gasteiger partial charge in [-0.2, -0.15) is 0 Å². The van der Waals surface area contributed by atoms with Gasteiger partial charge >= 0.3 is 0 Å². The number of sulfonamides is 1. The fourth-order valence-corrected chi connectivity index (χ4v) is 3.54. The number of hydrogen-bond acceptors (Lipinski definition) is 3. The molecule has 0 aromatic heterocycles. The molecule has 5 heteroatoms. The Morgan fingerprint density at radius 3 is 2.32 bits per heavy atom. The van der Waals surface area contributed by atoms with Crippen molar-refractivity contribution >= 4 is 10.0 Å². The van der Waals surface area contributed by atoms with E-state index < -0.39 is 10.0 Å². The largest absolute Gasteiger partial charge is 0.313 e. The molecule has 2 N–H and O–H groups in total. The van der Waals surface area contributed by atoms with Crippen molar-refractivity contribution in [2.75, 3.05) is 13.1 Å². The molecule has 0 amide bonds. The number of nitrogens with one attached hydrogen (secondary N) is 2. The van der Waals surface area contributed by atoms with Gasteiger partial charge in [0.15, 0.2) is 0 Å². The van der Waals surface area contributed by atoms with Crippen LogP contribution in [0.25, 0.3) is 0 Å². The SMILES string of the molecule is CC(C)NCC(C)S(=O)(=O)NCCC1CCCCC1. The first-order valence-corrected chi connectivity index (χ1v) is 9.18. The van der Waals surface area contributed by atoms with E-state index >= 15 is 0 Å². The Kier molecular flexibility index (Phi) is 7.32. The van der Waals surface area contributed by atoms with Crippen molar-refractivity contribution in [3.8, 4) is 0 Å². The fraction of sp³-hybridized carbons (Fsp3) is 1.00. The Labute approximate surface area is 118 Å². The lowest BCUT2D eigenvalue weighted by Crippen LogP contribution is -2.41. The monoisotopic (exact) mass is 290 g/mol. The highest BCUT2D eigenvalue weighted by atomic mass is 32.2. The summed E-state index contributed by atoms with van der Waals surface area (Å²) in [5.41, 5.74) is 0. The highest BCUT2D eigenvalue weighted by molar-refractivity contribution is 7.90. The summed E-state index contributed by atoms with van der Waals surface area (Å²) in [5.74, 6) is 0.723. The van der Waals surface area contributed by atoms with Gasteiger partial charge in [-0.1, -0.05) is 46.0 Å². The molecule has 0 aromatic carbocycles. The highest BCUT2D eigenvalue weighted by Crippen LogP contribution is 2.25. The van der Waals surface area contributed by atoms with Crippen molar-refractivity contribution in [3.05, 3.63) is 0 Å². The zero-order chi connectivity index (χ0) is 14.3. The lowest BCUT2D eigenvalue weighted by atomic mass is 9.87. The molecule has 0 aromatic rings. The maximum atomic E-state index is 12.0. The first kappa shape index (κ1) is 16.9. The molecule has 1 rings (SSSR count). The average Bonchev–Trinajstić information content (AvgIpc) is 2.36. The predicted molar refractivity (Wildman–Crippen MR) is 80.7 cm³/mol. The van der Waals surface area contributed by atoms with Crippen LogP contribution in [0.5, 0.6) is 0 Å². The molecule has 1 unspecified atom stereocenters. The maximum absolute atomic E-state index is 12.0. The molecule has 0 bridgehead atoms. The van der Waals surface area contributed by atoms with Crippen LogP contribution in [0.2, 0.25) is 0 Å². The Balaban J connectivity index is 2.25. The summed E-state index contributed by atoms with van der Waals surface area (Å²) in [7, 11) is -3.17. The quantitative estimate of drug-likeness (QED) is 0.721. The van der Waals surface area contributed by atoms with E-state index in [1.165, 1.54) is 32.1 Å². The molecule has 1 aliphatic rings. The molecule has 1 atom stereocenters. The molecular weight excluding hydrogens is 260 g/mol. The van der Waals surface area contributed by atoms with Crippen LogP contribution in [0, 0.1) is 5.92 Å². The molecule has 0 spiro atoms. The average molecular weight is 290 g/mol. The van der Waals surface area contributed by atoms with Crippen LogP contribution in [0.1, 0.15) is 59.3 Å². The van der Waals surface area contributed by atoms with Gasteiger partial charge in [-0.15, -0.1) is 0 Å². The van der Waals surface area contributed by atoms with Crippen LogP contribution in [-0.2, 0) is 10.0 Å². The molecule has 1 fully saturated rings. The third-order valence-corrected chi connectivity index (χ3v) is 5.76. The van der Waals surface area contributed by atoms with Gasteiger partial charge in [-0.05, 0) is 19.3 Å². The molecule has 114 valence electrons. The summed E-state index contributed by atoms with van der Waals surface area (Å²) in [6.07, 6.45) is 7.50. The zero-order valence-corrected chi connectivity index (χ0v) is 13.4. The van der Waals surface area contributed by atoms with E-state index in [9.17, 15) is 8.42 Å². The molecule has 1 saturated carbocycles. The molecule has 0 aliphatic heterocycles. The second-order valence-corrected chi connectivity index (χ2v) is 8.29. The summed E-state index contributed by atoms with van der Waals surface area (Å²) in [5, 5.41) is 2.80. The van der Waals surface area contributed by atoms with Crippen molar-refractivity contribution in [3.63, 3.8) is 0 Å². The summed E-state index contributed by atoms with van der Waals surface area (Å²) in [6.45, 7) is 6.92. The summed E-state index contributed by atoms with van der Waals surface area (Å²) >= 11 is 0. The van der Waals surface area contributed by atoms with E-state index in [1.54, 1.807) is 6.92 Å². The van der Waals surface area contributed by atoms with Gasteiger partial charge in [0.25, 0.3) is 0 Å². The van der Waals surface area contributed by atoms with Crippen LogP contribution in [0.4, 0.5) is 0 Å². The molecule has 0 heterocycles. The Morgan fingerprint density at radius 1 is 1.11 bits per heavy atom. The lowest BCUT2D eigenvalue weighted by Gasteiger charge is -2.22. The van der Waals surface area contributed by atoms with Crippen molar-refractivity contribution in [1.82, 2.24) is 10.0 Å². The van der Waals surface area contributed by atoms with E-state index in [0.717, 1.165) is 12.3 Å². The topological polar surface area (TPSA) is 58.2 Å². The Bertz CT molecular complexity index is 335. The van der Waals surface area contributed by atoms with E-state index in [4.69, 9.17) is 0 Å². The van der Waals surface area contributed by atoms with Crippen molar-refractivity contribution in [2.24, 2.45) is 5.92 Å². The Hall–Kier alpha value is -0.130. The van der Waals surface area contributed by atoms with Crippen LogP contribution >= 0.6 is 0 Å². The molecular formula is C14H30N2O2S. The Morgan fingerprint density at radius 2 is 1.74 bits per heavy atom. The van der Waals surface area contributed by atoms with Crippen LogP contribution < -0.4 is 10.0 Å². The lowest BCUT2D eigenvalue weighted by molar-refractivity contribution is 0.339.